The van der Waals surface area contributed by atoms with Crippen molar-refractivity contribution in [2.24, 2.45) is 5.73 Å². The summed E-state index contributed by atoms with van der Waals surface area (Å²) in [5.74, 6) is -0.176. The lowest BCUT2D eigenvalue weighted by molar-refractivity contribution is 0.601. The molecule has 0 aliphatic rings. The summed E-state index contributed by atoms with van der Waals surface area (Å²) in [6.45, 7) is 2.58. The van der Waals surface area contributed by atoms with Crippen LogP contribution in [0.2, 0.25) is 0 Å². The monoisotopic (exact) mass is 267 g/mol. The third kappa shape index (κ3) is 2.89. The van der Waals surface area contributed by atoms with Crippen LogP contribution >= 0.6 is 23.1 Å². The van der Waals surface area contributed by atoms with Crippen molar-refractivity contribution < 1.29 is 4.39 Å². The van der Waals surface area contributed by atoms with Crippen LogP contribution in [0.3, 0.4) is 0 Å². The van der Waals surface area contributed by atoms with Gasteiger partial charge in [0.05, 0.1) is 5.25 Å². The minimum Gasteiger partial charge on any atom is -0.329 e. The standard InChI is InChI=1S/C13H14FNS2/c1-9-6-7-16-13(9)12(8-15)17-11-5-3-2-4-10(11)14/h2-7,12H,8,15H2,1H3. The number of benzene rings is 1. The molecule has 1 aromatic heterocycles. The van der Waals surface area contributed by atoms with E-state index in [1.807, 2.05) is 6.07 Å². The summed E-state index contributed by atoms with van der Waals surface area (Å²) in [6.07, 6.45) is 0. The average Bonchev–Trinajstić information content (AvgIpc) is 2.75. The van der Waals surface area contributed by atoms with E-state index < -0.39 is 0 Å². The van der Waals surface area contributed by atoms with Crippen LogP contribution in [-0.2, 0) is 0 Å². The van der Waals surface area contributed by atoms with Crippen LogP contribution in [0.15, 0.2) is 40.6 Å². The van der Waals surface area contributed by atoms with Crippen molar-refractivity contribution in [3.05, 3.63) is 52.0 Å². The molecule has 1 aromatic carbocycles. The number of aryl methyl sites for hydroxylation is 1. The van der Waals surface area contributed by atoms with E-state index in [1.165, 1.54) is 28.3 Å². The van der Waals surface area contributed by atoms with E-state index in [9.17, 15) is 4.39 Å². The molecular weight excluding hydrogens is 253 g/mol. The van der Waals surface area contributed by atoms with Gasteiger partial charge in [-0.05, 0) is 36.1 Å². The zero-order valence-corrected chi connectivity index (χ0v) is 11.2. The summed E-state index contributed by atoms with van der Waals surface area (Å²) in [7, 11) is 0. The second kappa shape index (κ2) is 5.67. The molecule has 1 atom stereocenters. The van der Waals surface area contributed by atoms with Gasteiger partial charge < -0.3 is 5.73 Å². The van der Waals surface area contributed by atoms with Crippen LogP contribution in [0.4, 0.5) is 4.39 Å². The van der Waals surface area contributed by atoms with Crippen molar-refractivity contribution in [2.75, 3.05) is 6.54 Å². The van der Waals surface area contributed by atoms with E-state index in [4.69, 9.17) is 5.73 Å². The highest BCUT2D eigenvalue weighted by atomic mass is 32.2. The van der Waals surface area contributed by atoms with Gasteiger partial charge in [0.1, 0.15) is 5.82 Å². The molecule has 0 saturated heterocycles. The molecule has 0 aliphatic heterocycles. The van der Waals surface area contributed by atoms with Crippen molar-refractivity contribution in [3.8, 4) is 0 Å². The largest absolute Gasteiger partial charge is 0.329 e. The zero-order chi connectivity index (χ0) is 12.3. The van der Waals surface area contributed by atoms with Gasteiger partial charge in [-0.15, -0.1) is 23.1 Å². The Balaban J connectivity index is 2.22. The molecule has 90 valence electrons. The summed E-state index contributed by atoms with van der Waals surface area (Å²) in [6, 6.07) is 8.90. The first-order chi connectivity index (χ1) is 8.22. The molecule has 1 heterocycles. The SMILES string of the molecule is Cc1ccsc1C(CN)Sc1ccccc1F. The maximum Gasteiger partial charge on any atom is 0.136 e. The van der Waals surface area contributed by atoms with Gasteiger partial charge in [-0.25, -0.2) is 4.39 Å². The predicted octanol–water partition coefficient (Wildman–Crippen LogP) is 3.99. The van der Waals surface area contributed by atoms with Crippen LogP contribution in [0.25, 0.3) is 0 Å². The lowest BCUT2D eigenvalue weighted by Crippen LogP contribution is -2.09. The molecule has 0 fully saturated rings. The highest BCUT2D eigenvalue weighted by Crippen LogP contribution is 2.39. The molecule has 4 heteroatoms. The van der Waals surface area contributed by atoms with Gasteiger partial charge in [-0.1, -0.05) is 12.1 Å². The normalized spacial score (nSPS) is 12.6. The summed E-state index contributed by atoms with van der Waals surface area (Å²) in [5, 5.41) is 2.18. The number of nitrogens with two attached hydrogens (primary N) is 1. The molecule has 0 bridgehead atoms. The highest BCUT2D eigenvalue weighted by Gasteiger charge is 2.16. The lowest BCUT2D eigenvalue weighted by Gasteiger charge is -2.14. The van der Waals surface area contributed by atoms with Gasteiger partial charge in [0.25, 0.3) is 0 Å². The van der Waals surface area contributed by atoms with E-state index in [-0.39, 0.29) is 11.1 Å². The average molecular weight is 267 g/mol. The van der Waals surface area contributed by atoms with Crippen molar-refractivity contribution >= 4 is 23.1 Å². The third-order valence-corrected chi connectivity index (χ3v) is 5.09. The van der Waals surface area contributed by atoms with Crippen LogP contribution < -0.4 is 5.73 Å². The molecule has 0 saturated carbocycles. The van der Waals surface area contributed by atoms with Gasteiger partial charge in [-0.3, -0.25) is 0 Å². The first-order valence-electron chi connectivity index (χ1n) is 5.37. The minimum atomic E-state index is -0.176. The van der Waals surface area contributed by atoms with Crippen LogP contribution in [-0.4, -0.2) is 6.54 Å². The summed E-state index contributed by atoms with van der Waals surface area (Å²) in [5.41, 5.74) is 7.02. The maximum atomic E-state index is 13.6. The Morgan fingerprint density at radius 2 is 2.12 bits per heavy atom. The molecule has 1 unspecified atom stereocenters. The second-order valence-electron chi connectivity index (χ2n) is 3.74. The van der Waals surface area contributed by atoms with Gasteiger partial charge in [0.15, 0.2) is 0 Å². The predicted molar refractivity (Wildman–Crippen MR) is 73.1 cm³/mol. The third-order valence-electron chi connectivity index (χ3n) is 2.51. The number of hydrogen-bond donors (Lipinski definition) is 1. The Hall–Kier alpha value is -0.840. The Labute approximate surface area is 109 Å². The highest BCUT2D eigenvalue weighted by molar-refractivity contribution is 7.99. The van der Waals surface area contributed by atoms with Crippen molar-refractivity contribution in [2.45, 2.75) is 17.1 Å². The molecule has 2 rings (SSSR count). The van der Waals surface area contributed by atoms with Gasteiger partial charge in [-0.2, -0.15) is 0 Å². The van der Waals surface area contributed by atoms with Crippen LogP contribution in [0, 0.1) is 12.7 Å². The number of hydrogen-bond acceptors (Lipinski definition) is 3. The molecule has 1 nitrogen and oxygen atoms in total. The Bertz CT molecular complexity index is 496. The Morgan fingerprint density at radius 1 is 1.35 bits per heavy atom. The van der Waals surface area contributed by atoms with Gasteiger partial charge in [0.2, 0.25) is 0 Å². The van der Waals surface area contributed by atoms with E-state index in [0.29, 0.717) is 11.4 Å². The fourth-order valence-electron chi connectivity index (χ4n) is 1.62. The summed E-state index contributed by atoms with van der Waals surface area (Å²) < 4.78 is 13.6. The van der Waals surface area contributed by atoms with E-state index in [0.717, 1.165) is 0 Å². The van der Waals surface area contributed by atoms with E-state index >= 15 is 0 Å². The quantitative estimate of drug-likeness (QED) is 0.848. The topological polar surface area (TPSA) is 26.0 Å². The molecule has 0 aliphatic carbocycles. The molecule has 17 heavy (non-hydrogen) atoms. The first kappa shape index (κ1) is 12.6. The molecular formula is C13H14FNS2. The van der Waals surface area contributed by atoms with Crippen LogP contribution in [0.5, 0.6) is 0 Å². The van der Waals surface area contributed by atoms with Crippen LogP contribution in [0.1, 0.15) is 15.7 Å². The zero-order valence-electron chi connectivity index (χ0n) is 9.52. The fourth-order valence-corrected chi connectivity index (χ4v) is 3.88. The lowest BCUT2D eigenvalue weighted by atomic mass is 10.2. The van der Waals surface area contributed by atoms with Gasteiger partial charge in [0, 0.05) is 16.3 Å². The molecule has 2 N–H and O–H groups in total. The van der Waals surface area contributed by atoms with Crippen molar-refractivity contribution in [1.82, 2.24) is 0 Å². The van der Waals surface area contributed by atoms with E-state index in [2.05, 4.69) is 18.4 Å². The number of halogens is 1. The van der Waals surface area contributed by atoms with E-state index in [1.54, 1.807) is 23.5 Å². The van der Waals surface area contributed by atoms with Crippen molar-refractivity contribution in [1.29, 1.82) is 0 Å². The number of thiophene rings is 1. The fraction of sp³-hybridized carbons (Fsp3) is 0.231. The number of thioether (sulfide) groups is 1. The molecule has 0 spiro atoms. The Morgan fingerprint density at radius 3 is 2.71 bits per heavy atom. The molecule has 0 amide bonds. The second-order valence-corrected chi connectivity index (χ2v) is 5.93. The smallest absolute Gasteiger partial charge is 0.136 e. The molecule has 2 aromatic rings. The number of rotatable bonds is 4. The van der Waals surface area contributed by atoms with Gasteiger partial charge >= 0.3 is 0 Å². The minimum absolute atomic E-state index is 0.131. The summed E-state index contributed by atoms with van der Waals surface area (Å²) in [4.78, 5) is 1.90. The van der Waals surface area contributed by atoms with Crippen molar-refractivity contribution in [3.63, 3.8) is 0 Å². The molecule has 0 radical (unpaired) electrons. The summed E-state index contributed by atoms with van der Waals surface area (Å²) >= 11 is 3.18. The maximum absolute atomic E-state index is 13.6. The first-order valence-corrected chi connectivity index (χ1v) is 7.13. The Kier molecular flexibility index (Phi) is 4.20.